The van der Waals surface area contributed by atoms with E-state index in [0.717, 1.165) is 11.4 Å². The molecule has 5 heteroatoms. The van der Waals surface area contributed by atoms with E-state index in [-0.39, 0.29) is 17.7 Å². The van der Waals surface area contributed by atoms with Crippen molar-refractivity contribution >= 4 is 17.5 Å². The summed E-state index contributed by atoms with van der Waals surface area (Å²) in [4.78, 5) is 27.3. The molecule has 4 rings (SSSR count). The van der Waals surface area contributed by atoms with E-state index in [2.05, 4.69) is 35.9 Å². The van der Waals surface area contributed by atoms with Gasteiger partial charge in [-0.15, -0.1) is 0 Å². The second kappa shape index (κ2) is 8.57. The zero-order valence-corrected chi connectivity index (χ0v) is 17.5. The van der Waals surface area contributed by atoms with E-state index in [1.807, 2.05) is 59.5 Å². The molecule has 1 fully saturated rings. The lowest BCUT2D eigenvalue weighted by molar-refractivity contribution is -0.121. The van der Waals surface area contributed by atoms with Gasteiger partial charge in [-0.3, -0.25) is 9.59 Å². The van der Waals surface area contributed by atoms with Crippen molar-refractivity contribution in [3.63, 3.8) is 0 Å². The van der Waals surface area contributed by atoms with E-state index >= 15 is 0 Å². The molecule has 0 spiro atoms. The number of benzene rings is 2. The van der Waals surface area contributed by atoms with Crippen LogP contribution in [0.5, 0.6) is 0 Å². The third-order valence-electron chi connectivity index (χ3n) is 5.84. The molecule has 1 N–H and O–H groups in total. The highest BCUT2D eigenvalue weighted by molar-refractivity contribution is 5.95. The van der Waals surface area contributed by atoms with Crippen molar-refractivity contribution in [1.29, 1.82) is 0 Å². The Kier molecular flexibility index (Phi) is 5.70. The summed E-state index contributed by atoms with van der Waals surface area (Å²) in [7, 11) is 0. The molecule has 30 heavy (non-hydrogen) atoms. The number of likely N-dealkylation sites (tertiary alicyclic amines) is 1. The van der Waals surface area contributed by atoms with Gasteiger partial charge in [-0.1, -0.05) is 18.2 Å². The molecular weight excluding hydrogens is 374 g/mol. The molecule has 154 valence electrons. The molecule has 2 amide bonds. The van der Waals surface area contributed by atoms with Gasteiger partial charge in [0.2, 0.25) is 5.91 Å². The molecule has 3 aromatic rings. The van der Waals surface area contributed by atoms with Gasteiger partial charge in [0.05, 0.1) is 0 Å². The molecule has 1 aliphatic heterocycles. The van der Waals surface area contributed by atoms with Gasteiger partial charge in [0.1, 0.15) is 0 Å². The first kappa shape index (κ1) is 20.0. The number of piperidine rings is 1. The van der Waals surface area contributed by atoms with Crippen molar-refractivity contribution < 1.29 is 9.59 Å². The van der Waals surface area contributed by atoms with Gasteiger partial charge in [0, 0.05) is 47.3 Å². The van der Waals surface area contributed by atoms with Gasteiger partial charge in [-0.25, -0.2) is 0 Å². The lowest BCUT2D eigenvalue weighted by Gasteiger charge is -2.31. The van der Waals surface area contributed by atoms with Crippen molar-refractivity contribution in [2.45, 2.75) is 26.7 Å². The molecule has 0 aliphatic carbocycles. The van der Waals surface area contributed by atoms with Gasteiger partial charge in [0.15, 0.2) is 0 Å². The first-order chi connectivity index (χ1) is 14.5. The van der Waals surface area contributed by atoms with Crippen LogP contribution in [0.15, 0.2) is 66.7 Å². The molecule has 0 bridgehead atoms. The van der Waals surface area contributed by atoms with Gasteiger partial charge < -0.3 is 14.8 Å². The lowest BCUT2D eigenvalue weighted by atomic mass is 9.95. The normalized spacial score (nSPS) is 14.5. The van der Waals surface area contributed by atoms with E-state index in [0.29, 0.717) is 31.5 Å². The summed E-state index contributed by atoms with van der Waals surface area (Å²) < 4.78 is 2.17. The molecule has 0 saturated carbocycles. The minimum absolute atomic E-state index is 0.0319. The predicted octanol–water partition coefficient (Wildman–Crippen LogP) is 4.59. The van der Waals surface area contributed by atoms with Crippen LogP contribution < -0.4 is 5.32 Å². The smallest absolute Gasteiger partial charge is 0.253 e. The summed E-state index contributed by atoms with van der Waals surface area (Å²) in [5.41, 5.74) is 4.90. The monoisotopic (exact) mass is 401 g/mol. The van der Waals surface area contributed by atoms with Crippen LogP contribution in [0, 0.1) is 19.8 Å². The van der Waals surface area contributed by atoms with E-state index in [1.165, 1.54) is 11.4 Å². The molecule has 5 nitrogen and oxygen atoms in total. The van der Waals surface area contributed by atoms with Crippen LogP contribution in [0.2, 0.25) is 0 Å². The second-order valence-electron chi connectivity index (χ2n) is 7.92. The maximum absolute atomic E-state index is 12.9. The molecule has 2 heterocycles. The number of hydrogen-bond donors (Lipinski definition) is 1. The standard InChI is InChI=1S/C25H27N3O2/c1-18-8-9-19(2)28(18)23-12-10-21(11-13-23)25(30)27-16-14-20(15-17-27)24(29)26-22-6-4-3-5-7-22/h3-13,20H,14-17H2,1-2H3,(H,26,29). The van der Waals surface area contributed by atoms with Crippen LogP contribution in [0.4, 0.5) is 5.69 Å². The maximum atomic E-state index is 12.9. The Hall–Kier alpha value is -3.34. The van der Waals surface area contributed by atoms with Crippen LogP contribution in [-0.4, -0.2) is 34.4 Å². The van der Waals surface area contributed by atoms with Crippen LogP contribution in [-0.2, 0) is 4.79 Å². The van der Waals surface area contributed by atoms with Crippen molar-refractivity contribution in [2.75, 3.05) is 18.4 Å². The van der Waals surface area contributed by atoms with Gasteiger partial charge >= 0.3 is 0 Å². The number of aromatic nitrogens is 1. The van der Waals surface area contributed by atoms with Gasteiger partial charge in [0.25, 0.3) is 5.91 Å². The highest BCUT2D eigenvalue weighted by Gasteiger charge is 2.28. The number of amides is 2. The maximum Gasteiger partial charge on any atom is 0.253 e. The first-order valence-electron chi connectivity index (χ1n) is 10.4. The highest BCUT2D eigenvalue weighted by Crippen LogP contribution is 2.22. The molecule has 2 aromatic carbocycles. The molecule has 1 aromatic heterocycles. The molecule has 1 saturated heterocycles. The molecular formula is C25H27N3O2. The summed E-state index contributed by atoms with van der Waals surface area (Å²) in [6, 6.07) is 21.5. The minimum Gasteiger partial charge on any atom is -0.339 e. The molecule has 0 radical (unpaired) electrons. The number of hydrogen-bond acceptors (Lipinski definition) is 2. The van der Waals surface area contributed by atoms with Crippen LogP contribution in [0.25, 0.3) is 5.69 Å². The zero-order chi connectivity index (χ0) is 21.1. The quantitative estimate of drug-likeness (QED) is 0.695. The highest BCUT2D eigenvalue weighted by atomic mass is 16.2. The first-order valence-corrected chi connectivity index (χ1v) is 10.4. The average molecular weight is 402 g/mol. The van der Waals surface area contributed by atoms with Crippen LogP contribution in [0.1, 0.15) is 34.6 Å². The second-order valence-corrected chi connectivity index (χ2v) is 7.92. The van der Waals surface area contributed by atoms with Crippen molar-refractivity contribution in [1.82, 2.24) is 9.47 Å². The number of nitrogens with one attached hydrogen (secondary N) is 1. The number of para-hydroxylation sites is 1. The summed E-state index contributed by atoms with van der Waals surface area (Å²) >= 11 is 0. The Bertz CT molecular complexity index is 1010. The van der Waals surface area contributed by atoms with E-state index in [9.17, 15) is 9.59 Å². The van der Waals surface area contributed by atoms with Gasteiger partial charge in [-0.05, 0) is 75.2 Å². The number of nitrogens with zero attached hydrogens (tertiary/aromatic N) is 2. The fraction of sp³-hybridized carbons (Fsp3) is 0.280. The minimum atomic E-state index is -0.0590. The topological polar surface area (TPSA) is 54.3 Å². The number of anilines is 1. The Morgan fingerprint density at radius 1 is 0.833 bits per heavy atom. The number of aryl methyl sites for hydroxylation is 2. The fourth-order valence-electron chi connectivity index (χ4n) is 4.12. The van der Waals surface area contributed by atoms with Crippen molar-refractivity contribution in [2.24, 2.45) is 5.92 Å². The Balaban J connectivity index is 1.36. The number of carbonyl (C=O) groups excluding carboxylic acids is 2. The van der Waals surface area contributed by atoms with Crippen LogP contribution >= 0.6 is 0 Å². The van der Waals surface area contributed by atoms with Crippen LogP contribution in [0.3, 0.4) is 0 Å². The summed E-state index contributed by atoms with van der Waals surface area (Å²) in [6.07, 6.45) is 1.37. The SMILES string of the molecule is Cc1ccc(C)n1-c1ccc(C(=O)N2CCC(C(=O)Nc3ccccc3)CC2)cc1. The third-order valence-corrected chi connectivity index (χ3v) is 5.84. The van der Waals surface area contributed by atoms with E-state index in [4.69, 9.17) is 0 Å². The van der Waals surface area contributed by atoms with Gasteiger partial charge in [-0.2, -0.15) is 0 Å². The largest absolute Gasteiger partial charge is 0.339 e. The summed E-state index contributed by atoms with van der Waals surface area (Å²) in [5.74, 6) is 0.0101. The molecule has 0 atom stereocenters. The Morgan fingerprint density at radius 3 is 2.03 bits per heavy atom. The van der Waals surface area contributed by atoms with E-state index in [1.54, 1.807) is 0 Å². The lowest BCUT2D eigenvalue weighted by Crippen LogP contribution is -2.41. The predicted molar refractivity (Wildman–Crippen MR) is 119 cm³/mol. The summed E-state index contributed by atoms with van der Waals surface area (Å²) in [5, 5.41) is 2.97. The molecule has 1 aliphatic rings. The third kappa shape index (κ3) is 4.15. The fourth-order valence-corrected chi connectivity index (χ4v) is 4.12. The average Bonchev–Trinajstić information content (AvgIpc) is 3.12. The molecule has 0 unspecified atom stereocenters. The Labute approximate surface area is 177 Å². The van der Waals surface area contributed by atoms with Crippen molar-refractivity contribution in [3.8, 4) is 5.69 Å². The number of carbonyl (C=O) groups is 2. The van der Waals surface area contributed by atoms with E-state index < -0.39 is 0 Å². The Morgan fingerprint density at radius 2 is 1.43 bits per heavy atom. The summed E-state index contributed by atoms with van der Waals surface area (Å²) in [6.45, 7) is 5.35. The van der Waals surface area contributed by atoms with Crippen molar-refractivity contribution in [3.05, 3.63) is 83.7 Å². The number of rotatable bonds is 4. The zero-order valence-electron chi connectivity index (χ0n) is 17.5.